The molecule has 9 heteroatoms. The fraction of sp³-hybridized carbons (Fsp3) is 0.500. The van der Waals surface area contributed by atoms with E-state index in [1.807, 2.05) is 20.8 Å². The molecule has 1 amide bonds. The minimum Gasteiger partial charge on any atom is -0.444 e. The van der Waals surface area contributed by atoms with Crippen LogP contribution in [-0.4, -0.2) is 55.9 Å². The van der Waals surface area contributed by atoms with E-state index in [9.17, 15) is 4.79 Å². The van der Waals surface area contributed by atoms with Gasteiger partial charge in [-0.1, -0.05) is 11.6 Å². The van der Waals surface area contributed by atoms with E-state index < -0.39 is 5.60 Å². The van der Waals surface area contributed by atoms with Gasteiger partial charge in [-0.25, -0.2) is 14.8 Å². The number of anilines is 1. The van der Waals surface area contributed by atoms with Crippen LogP contribution in [0.15, 0.2) is 18.6 Å². The number of nitrogens with one attached hydrogen (secondary N) is 2. The van der Waals surface area contributed by atoms with Gasteiger partial charge in [0.25, 0.3) is 0 Å². The van der Waals surface area contributed by atoms with Gasteiger partial charge >= 0.3 is 6.09 Å². The minimum absolute atomic E-state index is 0.0610. The second kappa shape index (κ2) is 6.87. The third kappa shape index (κ3) is 4.39. The number of H-pyrrole nitrogens is 1. The van der Waals surface area contributed by atoms with Crippen molar-refractivity contribution in [1.82, 2.24) is 25.1 Å². The molecule has 1 saturated heterocycles. The van der Waals surface area contributed by atoms with Crippen molar-refractivity contribution < 1.29 is 9.53 Å². The number of likely N-dealkylation sites (tertiary alicyclic amines) is 1. The van der Waals surface area contributed by atoms with Gasteiger partial charge in [0, 0.05) is 30.9 Å². The van der Waals surface area contributed by atoms with Crippen LogP contribution in [0.4, 0.5) is 10.7 Å². The molecule has 1 unspecified atom stereocenters. The van der Waals surface area contributed by atoms with E-state index in [1.54, 1.807) is 23.5 Å². The highest BCUT2D eigenvalue weighted by Crippen LogP contribution is 2.26. The molecule has 1 fully saturated rings. The summed E-state index contributed by atoms with van der Waals surface area (Å²) in [5.74, 6) is 0.469. The Kier molecular flexibility index (Phi) is 4.80. The van der Waals surface area contributed by atoms with Gasteiger partial charge in [0.2, 0.25) is 5.95 Å². The molecule has 3 heterocycles. The van der Waals surface area contributed by atoms with Crippen molar-refractivity contribution in [2.24, 2.45) is 0 Å². The molecule has 1 aliphatic heterocycles. The first-order chi connectivity index (χ1) is 11.8. The molecule has 2 aromatic heterocycles. The van der Waals surface area contributed by atoms with Gasteiger partial charge in [0.05, 0.1) is 23.1 Å². The van der Waals surface area contributed by atoms with Crippen LogP contribution in [0.5, 0.6) is 0 Å². The lowest BCUT2D eigenvalue weighted by Gasteiger charge is -2.24. The van der Waals surface area contributed by atoms with Crippen LogP contribution < -0.4 is 5.32 Å². The molecule has 0 radical (unpaired) electrons. The number of halogens is 1. The zero-order valence-electron chi connectivity index (χ0n) is 14.4. The average Bonchev–Trinajstić information content (AvgIpc) is 3.19. The molecule has 0 aromatic carbocycles. The summed E-state index contributed by atoms with van der Waals surface area (Å²) in [6.07, 6.45) is 5.43. The molecular formula is C16H21ClN6O2. The monoisotopic (exact) mass is 364 g/mol. The summed E-state index contributed by atoms with van der Waals surface area (Å²) in [4.78, 5) is 22.5. The maximum Gasteiger partial charge on any atom is 0.410 e. The highest BCUT2D eigenvalue weighted by Gasteiger charge is 2.30. The molecule has 1 aliphatic rings. The van der Waals surface area contributed by atoms with Crippen LogP contribution in [0.3, 0.4) is 0 Å². The zero-order chi connectivity index (χ0) is 18.0. The SMILES string of the molecule is CC(C)(C)OC(=O)N1CCC(Nc2ncc(Cl)c(-c3cn[nH]c3)n2)C1. The summed E-state index contributed by atoms with van der Waals surface area (Å²) in [7, 11) is 0. The Hall–Kier alpha value is -2.35. The number of hydrogen-bond donors (Lipinski definition) is 2. The van der Waals surface area contributed by atoms with E-state index in [0.717, 1.165) is 12.0 Å². The molecule has 134 valence electrons. The first-order valence-electron chi connectivity index (χ1n) is 8.08. The fourth-order valence-electron chi connectivity index (χ4n) is 2.57. The number of ether oxygens (including phenoxy) is 1. The Morgan fingerprint density at radius 2 is 2.24 bits per heavy atom. The Balaban J connectivity index is 1.64. The molecular weight excluding hydrogens is 344 g/mol. The Morgan fingerprint density at radius 3 is 2.92 bits per heavy atom. The summed E-state index contributed by atoms with van der Waals surface area (Å²) in [5.41, 5.74) is 0.897. The minimum atomic E-state index is -0.499. The largest absolute Gasteiger partial charge is 0.444 e. The quantitative estimate of drug-likeness (QED) is 0.869. The van der Waals surface area contributed by atoms with Gasteiger partial charge in [0.15, 0.2) is 0 Å². The third-order valence-electron chi connectivity index (χ3n) is 3.69. The van der Waals surface area contributed by atoms with Crippen LogP contribution in [0.2, 0.25) is 5.02 Å². The molecule has 1 atom stereocenters. The van der Waals surface area contributed by atoms with Crippen molar-refractivity contribution in [3.63, 3.8) is 0 Å². The second-order valence-corrected chi connectivity index (χ2v) is 7.34. The number of carbonyl (C=O) groups is 1. The first-order valence-corrected chi connectivity index (χ1v) is 8.46. The highest BCUT2D eigenvalue weighted by atomic mass is 35.5. The van der Waals surface area contributed by atoms with E-state index in [0.29, 0.717) is 29.8 Å². The number of amides is 1. The van der Waals surface area contributed by atoms with E-state index in [-0.39, 0.29) is 12.1 Å². The third-order valence-corrected chi connectivity index (χ3v) is 3.97. The molecule has 3 rings (SSSR count). The first kappa shape index (κ1) is 17.5. The molecule has 0 spiro atoms. The predicted molar refractivity (Wildman–Crippen MR) is 94.5 cm³/mol. The number of aromatic nitrogens is 4. The lowest BCUT2D eigenvalue weighted by Crippen LogP contribution is -2.36. The summed E-state index contributed by atoms with van der Waals surface area (Å²) in [5, 5.41) is 10.4. The summed E-state index contributed by atoms with van der Waals surface area (Å²) in [6.45, 7) is 6.75. The Labute approximate surface area is 150 Å². The maximum absolute atomic E-state index is 12.1. The van der Waals surface area contributed by atoms with Gasteiger partial charge in [-0.15, -0.1) is 0 Å². The molecule has 25 heavy (non-hydrogen) atoms. The molecule has 0 bridgehead atoms. The van der Waals surface area contributed by atoms with Crippen molar-refractivity contribution in [3.8, 4) is 11.3 Å². The number of rotatable bonds is 3. The smallest absolute Gasteiger partial charge is 0.410 e. The van der Waals surface area contributed by atoms with Crippen molar-refractivity contribution in [3.05, 3.63) is 23.6 Å². The predicted octanol–water partition coefficient (Wildman–Crippen LogP) is 2.94. The Bertz CT molecular complexity index is 744. The summed E-state index contributed by atoms with van der Waals surface area (Å²) < 4.78 is 5.40. The Morgan fingerprint density at radius 1 is 1.44 bits per heavy atom. The molecule has 2 aromatic rings. The van der Waals surface area contributed by atoms with Gasteiger partial charge in [0.1, 0.15) is 5.60 Å². The van der Waals surface area contributed by atoms with Gasteiger partial charge in [-0.2, -0.15) is 5.10 Å². The topological polar surface area (TPSA) is 96.0 Å². The van der Waals surface area contributed by atoms with E-state index in [1.165, 1.54) is 0 Å². The normalized spacial score (nSPS) is 17.6. The zero-order valence-corrected chi connectivity index (χ0v) is 15.2. The van der Waals surface area contributed by atoms with E-state index in [4.69, 9.17) is 16.3 Å². The standard InChI is InChI=1S/C16H21ClN6O2/c1-16(2,3)25-15(24)23-5-4-11(9-23)21-14-18-8-12(17)13(22-14)10-6-19-20-7-10/h6-8,11H,4-5,9H2,1-3H3,(H,19,20)(H,18,21,22). The van der Waals surface area contributed by atoms with E-state index in [2.05, 4.69) is 25.5 Å². The maximum atomic E-state index is 12.1. The lowest BCUT2D eigenvalue weighted by atomic mass is 10.2. The highest BCUT2D eigenvalue weighted by molar-refractivity contribution is 6.32. The van der Waals surface area contributed by atoms with Gasteiger partial charge in [-0.05, 0) is 27.2 Å². The van der Waals surface area contributed by atoms with Crippen LogP contribution in [0, 0.1) is 0 Å². The number of hydrogen-bond acceptors (Lipinski definition) is 6. The van der Waals surface area contributed by atoms with Gasteiger partial charge in [-0.3, -0.25) is 5.10 Å². The van der Waals surface area contributed by atoms with Crippen molar-refractivity contribution in [2.75, 3.05) is 18.4 Å². The molecule has 0 aliphatic carbocycles. The van der Waals surface area contributed by atoms with Crippen LogP contribution in [0.1, 0.15) is 27.2 Å². The van der Waals surface area contributed by atoms with Crippen LogP contribution >= 0.6 is 11.6 Å². The van der Waals surface area contributed by atoms with Crippen LogP contribution in [0.25, 0.3) is 11.3 Å². The molecule has 8 nitrogen and oxygen atoms in total. The summed E-state index contributed by atoms with van der Waals surface area (Å²) >= 11 is 6.17. The van der Waals surface area contributed by atoms with Crippen molar-refractivity contribution in [1.29, 1.82) is 0 Å². The van der Waals surface area contributed by atoms with Crippen molar-refractivity contribution >= 4 is 23.6 Å². The molecule has 0 saturated carbocycles. The second-order valence-electron chi connectivity index (χ2n) is 6.93. The van der Waals surface area contributed by atoms with Crippen LogP contribution in [-0.2, 0) is 4.74 Å². The van der Waals surface area contributed by atoms with Crippen molar-refractivity contribution in [2.45, 2.75) is 38.8 Å². The van der Waals surface area contributed by atoms with E-state index >= 15 is 0 Å². The number of nitrogens with zero attached hydrogens (tertiary/aromatic N) is 4. The number of aromatic amines is 1. The fourth-order valence-corrected chi connectivity index (χ4v) is 2.77. The lowest BCUT2D eigenvalue weighted by molar-refractivity contribution is 0.0293. The average molecular weight is 365 g/mol. The van der Waals surface area contributed by atoms with Gasteiger partial charge < -0.3 is 15.0 Å². The number of carbonyl (C=O) groups excluding carboxylic acids is 1. The summed E-state index contributed by atoms with van der Waals surface area (Å²) in [6, 6.07) is 0.0610. The molecule has 2 N–H and O–H groups in total.